The van der Waals surface area contributed by atoms with Crippen molar-refractivity contribution >= 4 is 29.1 Å². The smallest absolute Gasteiger partial charge is 0.267 e. The van der Waals surface area contributed by atoms with Crippen LogP contribution in [0.25, 0.3) is 0 Å². The number of amides is 1. The van der Waals surface area contributed by atoms with E-state index in [0.717, 1.165) is 9.75 Å². The second kappa shape index (κ2) is 6.07. The highest BCUT2D eigenvalue weighted by Crippen LogP contribution is 2.13. The Hall–Kier alpha value is -2.54. The predicted octanol–water partition coefficient (Wildman–Crippen LogP) is 2.73. The van der Waals surface area contributed by atoms with Gasteiger partial charge in [-0.2, -0.15) is 5.10 Å². The lowest BCUT2D eigenvalue weighted by atomic mass is 10.2. The van der Waals surface area contributed by atoms with Gasteiger partial charge in [-0.15, -0.1) is 11.3 Å². The summed E-state index contributed by atoms with van der Waals surface area (Å²) in [6.45, 7) is 1.98. The average Bonchev–Trinajstić information content (AvgIpc) is 2.84. The maximum atomic E-state index is 11.8. The van der Waals surface area contributed by atoms with Gasteiger partial charge in [-0.25, -0.2) is 5.43 Å². The van der Waals surface area contributed by atoms with Crippen molar-refractivity contribution in [3.05, 3.63) is 61.8 Å². The van der Waals surface area contributed by atoms with Crippen molar-refractivity contribution in [1.29, 1.82) is 0 Å². The summed E-state index contributed by atoms with van der Waals surface area (Å²) < 4.78 is 0. The summed E-state index contributed by atoms with van der Waals surface area (Å²) in [7, 11) is 0. The van der Waals surface area contributed by atoms with Gasteiger partial charge in [0.1, 0.15) is 0 Å². The molecule has 0 radical (unpaired) electrons. The van der Waals surface area contributed by atoms with Gasteiger partial charge in [0.15, 0.2) is 0 Å². The Morgan fingerprint density at radius 1 is 1.40 bits per heavy atom. The molecule has 0 aliphatic rings. The lowest BCUT2D eigenvalue weighted by Gasteiger charge is -1.99. The zero-order chi connectivity index (χ0) is 14.5. The van der Waals surface area contributed by atoms with E-state index in [0.29, 0.717) is 0 Å². The summed E-state index contributed by atoms with van der Waals surface area (Å²) in [5.41, 5.74) is 2.40. The van der Waals surface area contributed by atoms with E-state index in [4.69, 9.17) is 0 Å². The van der Waals surface area contributed by atoms with Gasteiger partial charge < -0.3 is 0 Å². The van der Waals surface area contributed by atoms with Gasteiger partial charge in [-0.1, -0.05) is 6.07 Å². The van der Waals surface area contributed by atoms with Crippen LogP contribution in [0.15, 0.2) is 41.5 Å². The number of nitro benzene ring substituents is 1. The third-order valence-corrected chi connectivity index (χ3v) is 3.37. The molecule has 1 aromatic heterocycles. The Morgan fingerprint density at radius 2 is 2.20 bits per heavy atom. The largest absolute Gasteiger partial charge is 0.271 e. The quantitative estimate of drug-likeness (QED) is 0.533. The number of carbonyl (C=O) groups is 1. The Labute approximate surface area is 118 Å². The molecule has 0 fully saturated rings. The summed E-state index contributed by atoms with van der Waals surface area (Å²) in [6.07, 6.45) is 1.53. The van der Waals surface area contributed by atoms with Crippen LogP contribution in [0.2, 0.25) is 0 Å². The summed E-state index contributed by atoms with van der Waals surface area (Å²) in [5.74, 6) is -0.488. The molecule has 1 N–H and O–H groups in total. The topological polar surface area (TPSA) is 84.6 Å². The summed E-state index contributed by atoms with van der Waals surface area (Å²) >= 11 is 1.55. The van der Waals surface area contributed by atoms with Crippen molar-refractivity contribution in [3.63, 3.8) is 0 Å². The molecule has 0 atom stereocenters. The number of hydrogen-bond donors (Lipinski definition) is 1. The fourth-order valence-corrected chi connectivity index (χ4v) is 2.25. The average molecular weight is 289 g/mol. The molecule has 1 aromatic carbocycles. The van der Waals surface area contributed by atoms with Crippen LogP contribution in [0.1, 0.15) is 20.1 Å². The summed E-state index contributed by atoms with van der Waals surface area (Å²) in [6, 6.07) is 9.33. The van der Waals surface area contributed by atoms with Gasteiger partial charge in [0.2, 0.25) is 0 Å². The number of thiophene rings is 1. The van der Waals surface area contributed by atoms with Crippen LogP contribution in [0.4, 0.5) is 5.69 Å². The molecule has 20 heavy (non-hydrogen) atoms. The fraction of sp³-hybridized carbons (Fsp3) is 0.0769. The fourth-order valence-electron chi connectivity index (χ4n) is 1.50. The van der Waals surface area contributed by atoms with Crippen LogP contribution >= 0.6 is 11.3 Å². The number of benzene rings is 1. The number of aryl methyl sites for hydroxylation is 1. The molecular formula is C13H11N3O3S. The van der Waals surface area contributed by atoms with Gasteiger partial charge in [0.05, 0.1) is 11.1 Å². The minimum Gasteiger partial charge on any atom is -0.267 e. The van der Waals surface area contributed by atoms with Crippen LogP contribution in [0.5, 0.6) is 0 Å². The second-order valence-corrected chi connectivity index (χ2v) is 5.27. The first-order valence-electron chi connectivity index (χ1n) is 5.70. The van der Waals surface area contributed by atoms with Crippen LogP contribution < -0.4 is 5.43 Å². The van der Waals surface area contributed by atoms with E-state index in [2.05, 4.69) is 10.5 Å². The molecule has 6 nitrogen and oxygen atoms in total. The van der Waals surface area contributed by atoms with E-state index in [-0.39, 0.29) is 11.3 Å². The van der Waals surface area contributed by atoms with Crippen molar-refractivity contribution < 1.29 is 9.72 Å². The summed E-state index contributed by atoms with van der Waals surface area (Å²) in [5, 5.41) is 14.4. The van der Waals surface area contributed by atoms with E-state index < -0.39 is 10.8 Å². The number of nitrogens with zero attached hydrogens (tertiary/aromatic N) is 2. The number of nitrogens with one attached hydrogen (secondary N) is 1. The third-order valence-electron chi connectivity index (χ3n) is 2.44. The molecule has 0 saturated carbocycles. The zero-order valence-corrected chi connectivity index (χ0v) is 11.4. The van der Waals surface area contributed by atoms with E-state index in [1.807, 2.05) is 19.1 Å². The second-order valence-electron chi connectivity index (χ2n) is 3.95. The van der Waals surface area contributed by atoms with E-state index >= 15 is 0 Å². The van der Waals surface area contributed by atoms with Crippen molar-refractivity contribution in [2.75, 3.05) is 0 Å². The number of carbonyl (C=O) groups excluding carboxylic acids is 1. The van der Waals surface area contributed by atoms with Crippen molar-refractivity contribution in [2.24, 2.45) is 5.10 Å². The van der Waals surface area contributed by atoms with Crippen LogP contribution in [-0.2, 0) is 0 Å². The zero-order valence-electron chi connectivity index (χ0n) is 10.6. The highest BCUT2D eigenvalue weighted by molar-refractivity contribution is 7.13. The molecule has 2 aromatic rings. The Balaban J connectivity index is 2.03. The molecule has 0 aliphatic heterocycles. The Bertz CT molecular complexity index is 679. The molecule has 1 heterocycles. The molecule has 7 heteroatoms. The third kappa shape index (κ3) is 3.48. The van der Waals surface area contributed by atoms with Gasteiger partial charge in [-0.05, 0) is 25.1 Å². The highest BCUT2D eigenvalue weighted by Gasteiger charge is 2.10. The van der Waals surface area contributed by atoms with E-state index in [1.54, 1.807) is 11.3 Å². The van der Waals surface area contributed by atoms with Crippen molar-refractivity contribution in [2.45, 2.75) is 6.92 Å². The standard InChI is InChI=1S/C13H11N3O3S/c1-9-5-6-12(20-9)8-14-15-13(17)10-3-2-4-11(7-10)16(18)19/h2-8H,1H3,(H,15,17)/b14-8+. The van der Waals surface area contributed by atoms with E-state index in [1.165, 1.54) is 30.5 Å². The lowest BCUT2D eigenvalue weighted by Crippen LogP contribution is -2.17. The number of rotatable bonds is 4. The minimum absolute atomic E-state index is 0.129. The lowest BCUT2D eigenvalue weighted by molar-refractivity contribution is -0.384. The monoisotopic (exact) mass is 289 g/mol. The van der Waals surface area contributed by atoms with Gasteiger partial charge >= 0.3 is 0 Å². The number of hydrogen-bond acceptors (Lipinski definition) is 5. The van der Waals surface area contributed by atoms with Crippen LogP contribution in [0, 0.1) is 17.0 Å². The van der Waals surface area contributed by atoms with Gasteiger partial charge in [0, 0.05) is 27.5 Å². The van der Waals surface area contributed by atoms with Crippen LogP contribution in [-0.4, -0.2) is 17.0 Å². The number of non-ortho nitro benzene ring substituents is 1. The van der Waals surface area contributed by atoms with E-state index in [9.17, 15) is 14.9 Å². The number of nitro groups is 1. The number of hydrazone groups is 1. The molecular weight excluding hydrogens is 278 g/mol. The first-order valence-corrected chi connectivity index (χ1v) is 6.52. The molecule has 1 amide bonds. The van der Waals surface area contributed by atoms with Gasteiger partial charge in [0.25, 0.3) is 11.6 Å². The molecule has 0 bridgehead atoms. The maximum Gasteiger partial charge on any atom is 0.271 e. The minimum atomic E-state index is -0.547. The molecule has 0 unspecified atom stereocenters. The highest BCUT2D eigenvalue weighted by atomic mass is 32.1. The first-order chi connectivity index (χ1) is 9.56. The van der Waals surface area contributed by atoms with Crippen molar-refractivity contribution in [3.8, 4) is 0 Å². The first kappa shape index (κ1) is 13.9. The molecule has 0 saturated heterocycles. The summed E-state index contributed by atoms with van der Waals surface area (Å²) in [4.78, 5) is 23.9. The Kier molecular flexibility index (Phi) is 4.21. The van der Waals surface area contributed by atoms with Crippen LogP contribution in [0.3, 0.4) is 0 Å². The molecule has 2 rings (SSSR count). The molecule has 102 valence electrons. The SMILES string of the molecule is Cc1ccc(/C=N/NC(=O)c2cccc([N+](=O)[O-])c2)s1. The van der Waals surface area contributed by atoms with Gasteiger partial charge in [-0.3, -0.25) is 14.9 Å². The Morgan fingerprint density at radius 3 is 2.85 bits per heavy atom. The molecule has 0 spiro atoms. The molecule has 0 aliphatic carbocycles. The predicted molar refractivity (Wildman–Crippen MR) is 77.2 cm³/mol. The maximum absolute atomic E-state index is 11.8. The normalized spacial score (nSPS) is 10.7. The van der Waals surface area contributed by atoms with Crippen molar-refractivity contribution in [1.82, 2.24) is 5.43 Å².